The monoisotopic (exact) mass is 301 g/mol. The lowest BCUT2D eigenvalue weighted by Gasteiger charge is -2.14. The van der Waals surface area contributed by atoms with Crippen molar-refractivity contribution in [2.75, 3.05) is 26.3 Å². The Bertz CT molecular complexity index is 545. The predicted octanol–water partition coefficient (Wildman–Crippen LogP) is 2.40. The van der Waals surface area contributed by atoms with E-state index >= 15 is 0 Å². The molecule has 0 saturated carbocycles. The maximum absolute atomic E-state index is 9.89. The molecule has 0 heterocycles. The molecule has 0 saturated heterocycles. The van der Waals surface area contributed by atoms with Gasteiger partial charge in [-0.3, -0.25) is 0 Å². The third kappa shape index (κ3) is 5.76. The molecule has 0 amide bonds. The van der Waals surface area contributed by atoms with Crippen LogP contribution >= 0.6 is 0 Å². The van der Waals surface area contributed by atoms with Crippen LogP contribution < -0.4 is 14.8 Å². The van der Waals surface area contributed by atoms with Crippen molar-refractivity contribution < 1.29 is 14.6 Å². The lowest BCUT2D eigenvalue weighted by Crippen LogP contribution is -2.33. The molecule has 0 aromatic heterocycles. The number of aliphatic hydroxyl groups excluding tert-OH is 1. The first-order valence-corrected chi connectivity index (χ1v) is 7.51. The van der Waals surface area contributed by atoms with Gasteiger partial charge in [0.15, 0.2) is 0 Å². The van der Waals surface area contributed by atoms with Gasteiger partial charge in [0.05, 0.1) is 0 Å². The van der Waals surface area contributed by atoms with Gasteiger partial charge in [0.2, 0.25) is 0 Å². The molecule has 0 fully saturated rings. The fourth-order valence-electron chi connectivity index (χ4n) is 1.99. The van der Waals surface area contributed by atoms with E-state index in [0.717, 1.165) is 17.1 Å². The quantitative estimate of drug-likeness (QED) is 0.698. The number of nitrogens with one attached hydrogen (secondary N) is 1. The summed E-state index contributed by atoms with van der Waals surface area (Å²) in [5, 5.41) is 13.0. The van der Waals surface area contributed by atoms with Crippen LogP contribution in [0.15, 0.2) is 54.6 Å². The van der Waals surface area contributed by atoms with Crippen molar-refractivity contribution in [3.8, 4) is 11.5 Å². The summed E-state index contributed by atoms with van der Waals surface area (Å²) >= 11 is 0. The number of hydrogen-bond acceptors (Lipinski definition) is 4. The highest BCUT2D eigenvalue weighted by atomic mass is 16.5. The third-order valence-corrected chi connectivity index (χ3v) is 3.20. The van der Waals surface area contributed by atoms with Crippen LogP contribution in [0.4, 0.5) is 0 Å². The summed E-state index contributed by atoms with van der Waals surface area (Å²) in [7, 11) is 0. The molecule has 2 N–H and O–H groups in total. The zero-order chi connectivity index (χ0) is 15.6. The topological polar surface area (TPSA) is 50.7 Å². The average molecular weight is 301 g/mol. The van der Waals surface area contributed by atoms with Gasteiger partial charge in [-0.05, 0) is 30.7 Å². The molecule has 118 valence electrons. The summed E-state index contributed by atoms with van der Waals surface area (Å²) in [4.78, 5) is 0. The Morgan fingerprint density at radius 3 is 2.50 bits per heavy atom. The fraction of sp³-hybridized carbons (Fsp3) is 0.333. The Balaban J connectivity index is 1.56. The van der Waals surface area contributed by atoms with Gasteiger partial charge in [-0.15, -0.1) is 0 Å². The highest BCUT2D eigenvalue weighted by Gasteiger charge is 2.06. The van der Waals surface area contributed by atoms with Crippen LogP contribution in [0.1, 0.15) is 5.56 Å². The van der Waals surface area contributed by atoms with Gasteiger partial charge in [-0.1, -0.05) is 36.4 Å². The Hall–Kier alpha value is -2.04. The summed E-state index contributed by atoms with van der Waals surface area (Å²) in [6, 6.07) is 17.5. The number of aliphatic hydroxyl groups is 1. The maximum atomic E-state index is 9.89. The maximum Gasteiger partial charge on any atom is 0.122 e. The number of rotatable bonds is 9. The molecule has 2 aromatic carbocycles. The molecule has 0 aliphatic rings. The Morgan fingerprint density at radius 1 is 1.00 bits per heavy atom. The number of aryl methyl sites for hydroxylation is 1. The van der Waals surface area contributed by atoms with Gasteiger partial charge in [0.25, 0.3) is 0 Å². The van der Waals surface area contributed by atoms with E-state index in [4.69, 9.17) is 9.47 Å². The van der Waals surface area contributed by atoms with Crippen LogP contribution in [0, 0.1) is 6.92 Å². The molecule has 4 nitrogen and oxygen atoms in total. The largest absolute Gasteiger partial charge is 0.492 e. The van der Waals surface area contributed by atoms with E-state index in [1.165, 1.54) is 0 Å². The van der Waals surface area contributed by atoms with Crippen LogP contribution in [0.3, 0.4) is 0 Å². The van der Waals surface area contributed by atoms with Crippen molar-refractivity contribution in [1.82, 2.24) is 5.32 Å². The molecule has 22 heavy (non-hydrogen) atoms. The minimum atomic E-state index is -0.545. The Labute approximate surface area is 131 Å². The van der Waals surface area contributed by atoms with E-state index in [1.807, 2.05) is 61.5 Å². The highest BCUT2D eigenvalue weighted by Crippen LogP contribution is 2.16. The predicted molar refractivity (Wildman–Crippen MR) is 87.5 cm³/mol. The highest BCUT2D eigenvalue weighted by molar-refractivity contribution is 5.31. The smallest absolute Gasteiger partial charge is 0.122 e. The summed E-state index contributed by atoms with van der Waals surface area (Å²) in [6.45, 7) is 3.98. The minimum Gasteiger partial charge on any atom is -0.492 e. The van der Waals surface area contributed by atoms with Crippen molar-refractivity contribution in [2.24, 2.45) is 0 Å². The van der Waals surface area contributed by atoms with Crippen molar-refractivity contribution in [3.05, 3.63) is 60.2 Å². The zero-order valence-electron chi connectivity index (χ0n) is 12.9. The number of benzene rings is 2. The van der Waals surface area contributed by atoms with Gasteiger partial charge in [-0.25, -0.2) is 0 Å². The molecule has 0 radical (unpaired) electrons. The summed E-state index contributed by atoms with van der Waals surface area (Å²) in [6.07, 6.45) is -0.545. The van der Waals surface area contributed by atoms with Crippen molar-refractivity contribution in [3.63, 3.8) is 0 Å². The van der Waals surface area contributed by atoms with Gasteiger partial charge in [0, 0.05) is 13.1 Å². The molecular formula is C18H23NO3. The third-order valence-electron chi connectivity index (χ3n) is 3.20. The summed E-state index contributed by atoms with van der Waals surface area (Å²) < 4.78 is 11.2. The SMILES string of the molecule is Cc1ccccc1OCC(O)CNCCOc1ccccc1. The van der Waals surface area contributed by atoms with Crippen LogP contribution in [-0.2, 0) is 0 Å². The second-order valence-electron chi connectivity index (χ2n) is 5.10. The van der Waals surface area contributed by atoms with Gasteiger partial charge in [-0.2, -0.15) is 0 Å². The number of para-hydroxylation sites is 2. The van der Waals surface area contributed by atoms with Gasteiger partial charge in [0.1, 0.15) is 30.8 Å². The van der Waals surface area contributed by atoms with E-state index < -0.39 is 6.10 Å². The molecule has 2 aromatic rings. The van der Waals surface area contributed by atoms with Crippen LogP contribution in [0.5, 0.6) is 11.5 Å². The van der Waals surface area contributed by atoms with Gasteiger partial charge < -0.3 is 19.9 Å². The minimum absolute atomic E-state index is 0.275. The fourth-order valence-corrected chi connectivity index (χ4v) is 1.99. The molecular weight excluding hydrogens is 278 g/mol. The molecule has 0 aliphatic heterocycles. The lowest BCUT2D eigenvalue weighted by atomic mass is 10.2. The van der Waals surface area contributed by atoms with E-state index in [0.29, 0.717) is 19.7 Å². The molecule has 4 heteroatoms. The second-order valence-corrected chi connectivity index (χ2v) is 5.10. The Morgan fingerprint density at radius 2 is 1.73 bits per heavy atom. The molecule has 1 atom stereocenters. The van der Waals surface area contributed by atoms with E-state index in [9.17, 15) is 5.11 Å². The molecule has 0 bridgehead atoms. The molecule has 2 rings (SSSR count). The molecule has 0 aliphatic carbocycles. The Kier molecular flexibility index (Phi) is 6.74. The normalized spacial score (nSPS) is 11.9. The van der Waals surface area contributed by atoms with E-state index in [2.05, 4.69) is 5.32 Å². The molecule has 0 spiro atoms. The second kappa shape index (κ2) is 9.07. The van der Waals surface area contributed by atoms with Gasteiger partial charge >= 0.3 is 0 Å². The lowest BCUT2D eigenvalue weighted by molar-refractivity contribution is 0.105. The first kappa shape index (κ1) is 16.3. The van der Waals surface area contributed by atoms with Crippen LogP contribution in [0.2, 0.25) is 0 Å². The number of ether oxygens (including phenoxy) is 2. The first-order valence-electron chi connectivity index (χ1n) is 7.51. The summed E-state index contributed by atoms with van der Waals surface area (Å²) in [5.41, 5.74) is 1.07. The van der Waals surface area contributed by atoms with Crippen molar-refractivity contribution in [2.45, 2.75) is 13.0 Å². The first-order chi connectivity index (χ1) is 10.8. The summed E-state index contributed by atoms with van der Waals surface area (Å²) in [5.74, 6) is 1.67. The van der Waals surface area contributed by atoms with E-state index in [-0.39, 0.29) is 6.61 Å². The average Bonchev–Trinajstić information content (AvgIpc) is 2.55. The van der Waals surface area contributed by atoms with E-state index in [1.54, 1.807) is 0 Å². The van der Waals surface area contributed by atoms with Crippen LogP contribution in [0.25, 0.3) is 0 Å². The van der Waals surface area contributed by atoms with Crippen molar-refractivity contribution in [1.29, 1.82) is 0 Å². The van der Waals surface area contributed by atoms with Crippen molar-refractivity contribution >= 4 is 0 Å². The molecule has 1 unspecified atom stereocenters. The standard InChI is InChI=1S/C18H23NO3/c1-15-7-5-6-10-18(15)22-14-16(20)13-19-11-12-21-17-8-3-2-4-9-17/h2-10,16,19-20H,11-14H2,1H3. The number of hydrogen-bond donors (Lipinski definition) is 2. The van der Waals surface area contributed by atoms with Crippen LogP contribution in [-0.4, -0.2) is 37.5 Å². The zero-order valence-corrected chi connectivity index (χ0v) is 12.9.